The molecule has 0 fully saturated rings. The van der Waals surface area contributed by atoms with E-state index in [4.69, 9.17) is 11.6 Å². The number of aromatic nitrogens is 3. The first-order valence-electron chi connectivity index (χ1n) is 7.11. The van der Waals surface area contributed by atoms with Gasteiger partial charge >= 0.3 is 0 Å². The first-order valence-corrected chi connectivity index (χ1v) is 8.48. The highest BCUT2D eigenvalue weighted by Crippen LogP contribution is 2.22. The Hall–Kier alpha value is -2.11. The summed E-state index contributed by atoms with van der Waals surface area (Å²) in [4.78, 5) is 0. The zero-order valence-electron chi connectivity index (χ0n) is 12.6. The maximum atomic E-state index is 6.15. The van der Waals surface area contributed by atoms with Crippen molar-refractivity contribution < 1.29 is 0 Å². The minimum absolute atomic E-state index is 0.667. The Morgan fingerprint density at radius 2 is 1.83 bits per heavy atom. The lowest BCUT2D eigenvalue weighted by molar-refractivity contribution is 0.744. The van der Waals surface area contributed by atoms with Crippen LogP contribution < -0.4 is 0 Å². The van der Waals surface area contributed by atoms with Crippen LogP contribution in [-0.4, -0.2) is 21.1 Å². The Labute approximate surface area is 144 Å². The van der Waals surface area contributed by atoms with Crippen molar-refractivity contribution in [2.24, 2.45) is 5.10 Å². The lowest BCUT2D eigenvalue weighted by Crippen LogP contribution is -1.96. The van der Waals surface area contributed by atoms with E-state index in [9.17, 15) is 0 Å². The molecule has 0 bridgehead atoms. The molecule has 0 amide bonds. The zero-order valence-corrected chi connectivity index (χ0v) is 14.1. The van der Waals surface area contributed by atoms with Crippen LogP contribution in [0.25, 0.3) is 0 Å². The van der Waals surface area contributed by atoms with Gasteiger partial charge in [-0.15, -0.1) is 10.2 Å². The van der Waals surface area contributed by atoms with Crippen molar-refractivity contribution in [3.8, 4) is 0 Å². The van der Waals surface area contributed by atoms with Crippen LogP contribution in [0, 0.1) is 6.92 Å². The third-order valence-electron chi connectivity index (χ3n) is 3.20. The van der Waals surface area contributed by atoms with E-state index in [1.54, 1.807) is 22.7 Å². The zero-order chi connectivity index (χ0) is 16.1. The Kier molecular flexibility index (Phi) is 5.10. The van der Waals surface area contributed by atoms with Crippen LogP contribution in [0.3, 0.4) is 0 Å². The third kappa shape index (κ3) is 4.00. The molecule has 0 aliphatic carbocycles. The van der Waals surface area contributed by atoms with Gasteiger partial charge in [0, 0.05) is 16.3 Å². The molecule has 1 heterocycles. The second kappa shape index (κ2) is 7.44. The van der Waals surface area contributed by atoms with Crippen molar-refractivity contribution in [2.45, 2.75) is 17.8 Å². The molecule has 0 aliphatic rings. The van der Waals surface area contributed by atoms with E-state index in [0.29, 0.717) is 5.02 Å². The topological polar surface area (TPSA) is 43.1 Å². The standard InChI is InChI=1S/C17H15ClN4S/c1-13-20-21-17(23-12-14-7-3-2-4-8-14)22(13)19-11-15-9-5-6-10-16(15)18/h2-11H,12H2,1H3/b19-11-. The molecule has 3 rings (SSSR count). The molecular weight excluding hydrogens is 328 g/mol. The summed E-state index contributed by atoms with van der Waals surface area (Å²) in [7, 11) is 0. The van der Waals surface area contributed by atoms with E-state index in [2.05, 4.69) is 27.4 Å². The van der Waals surface area contributed by atoms with Crippen LogP contribution in [-0.2, 0) is 5.75 Å². The summed E-state index contributed by atoms with van der Waals surface area (Å²) in [5.74, 6) is 1.56. The fourth-order valence-corrected chi connectivity index (χ4v) is 3.06. The van der Waals surface area contributed by atoms with Gasteiger partial charge in [-0.05, 0) is 18.6 Å². The second-order valence-corrected chi connectivity index (χ2v) is 6.23. The van der Waals surface area contributed by atoms with Gasteiger partial charge < -0.3 is 0 Å². The maximum Gasteiger partial charge on any atom is 0.212 e. The van der Waals surface area contributed by atoms with E-state index in [-0.39, 0.29) is 0 Å². The number of benzene rings is 2. The average molecular weight is 343 g/mol. The summed E-state index contributed by atoms with van der Waals surface area (Å²) in [5.41, 5.74) is 2.10. The molecular formula is C17H15ClN4S. The fraction of sp³-hybridized carbons (Fsp3) is 0.118. The number of nitrogens with zero attached hydrogens (tertiary/aromatic N) is 4. The monoisotopic (exact) mass is 342 g/mol. The molecule has 0 radical (unpaired) electrons. The summed E-state index contributed by atoms with van der Waals surface area (Å²) in [6, 6.07) is 17.8. The van der Waals surface area contributed by atoms with Crippen molar-refractivity contribution in [1.82, 2.24) is 14.9 Å². The summed E-state index contributed by atoms with van der Waals surface area (Å²) in [5, 5.41) is 14.2. The molecule has 1 aromatic heterocycles. The van der Waals surface area contributed by atoms with Gasteiger partial charge in [0.25, 0.3) is 0 Å². The Morgan fingerprint density at radius 3 is 2.61 bits per heavy atom. The highest BCUT2D eigenvalue weighted by Gasteiger charge is 2.08. The minimum Gasteiger partial charge on any atom is -0.192 e. The Morgan fingerprint density at radius 1 is 1.09 bits per heavy atom. The first kappa shape index (κ1) is 15.8. The molecule has 0 aliphatic heterocycles. The molecule has 6 heteroatoms. The first-order chi connectivity index (χ1) is 11.2. The lowest BCUT2D eigenvalue weighted by atomic mass is 10.2. The van der Waals surface area contributed by atoms with E-state index < -0.39 is 0 Å². The van der Waals surface area contributed by atoms with E-state index >= 15 is 0 Å². The van der Waals surface area contributed by atoms with Crippen molar-refractivity contribution in [3.05, 3.63) is 76.6 Å². The maximum absolute atomic E-state index is 6.15. The quantitative estimate of drug-likeness (QED) is 0.509. The molecule has 0 spiro atoms. The highest BCUT2D eigenvalue weighted by atomic mass is 35.5. The molecule has 4 nitrogen and oxygen atoms in total. The van der Waals surface area contributed by atoms with Gasteiger partial charge in [0.15, 0.2) is 5.82 Å². The predicted octanol–water partition coefficient (Wildman–Crippen LogP) is 4.41. The molecule has 23 heavy (non-hydrogen) atoms. The summed E-state index contributed by atoms with van der Waals surface area (Å²) in [6.07, 6.45) is 1.73. The summed E-state index contributed by atoms with van der Waals surface area (Å²) in [6.45, 7) is 1.88. The van der Waals surface area contributed by atoms with Gasteiger partial charge in [-0.1, -0.05) is 71.9 Å². The van der Waals surface area contributed by atoms with Crippen molar-refractivity contribution in [3.63, 3.8) is 0 Å². The van der Waals surface area contributed by atoms with Gasteiger partial charge in [0.05, 0.1) is 6.21 Å². The number of aryl methyl sites for hydroxylation is 1. The number of hydrogen-bond acceptors (Lipinski definition) is 4. The van der Waals surface area contributed by atoms with Gasteiger partial charge in [-0.2, -0.15) is 9.78 Å². The number of hydrogen-bond donors (Lipinski definition) is 0. The van der Waals surface area contributed by atoms with Crippen molar-refractivity contribution in [1.29, 1.82) is 0 Å². The Balaban J connectivity index is 1.78. The van der Waals surface area contributed by atoms with Gasteiger partial charge in [0.2, 0.25) is 5.16 Å². The lowest BCUT2D eigenvalue weighted by Gasteiger charge is -2.03. The molecule has 116 valence electrons. The van der Waals surface area contributed by atoms with Gasteiger partial charge in [-0.25, -0.2) is 0 Å². The molecule has 0 unspecified atom stereocenters. The van der Waals surface area contributed by atoms with E-state index in [1.165, 1.54) is 5.56 Å². The average Bonchev–Trinajstić information content (AvgIpc) is 2.93. The largest absolute Gasteiger partial charge is 0.212 e. The molecule has 0 atom stereocenters. The Bertz CT molecular complexity index is 814. The molecule has 0 N–H and O–H groups in total. The molecule has 0 saturated heterocycles. The fourth-order valence-electron chi connectivity index (χ4n) is 1.98. The summed E-state index contributed by atoms with van der Waals surface area (Å²) < 4.78 is 1.73. The van der Waals surface area contributed by atoms with Gasteiger partial charge in [0.1, 0.15) is 0 Å². The van der Waals surface area contributed by atoms with Crippen LogP contribution in [0.5, 0.6) is 0 Å². The number of halogens is 1. The van der Waals surface area contributed by atoms with E-state index in [1.807, 2.05) is 49.4 Å². The van der Waals surface area contributed by atoms with Crippen LogP contribution >= 0.6 is 23.4 Å². The third-order valence-corrected chi connectivity index (χ3v) is 4.53. The van der Waals surface area contributed by atoms with Crippen LogP contribution in [0.1, 0.15) is 17.0 Å². The van der Waals surface area contributed by atoms with E-state index in [0.717, 1.165) is 22.3 Å². The highest BCUT2D eigenvalue weighted by molar-refractivity contribution is 7.98. The van der Waals surface area contributed by atoms with Crippen LogP contribution in [0.2, 0.25) is 5.02 Å². The van der Waals surface area contributed by atoms with Crippen molar-refractivity contribution >= 4 is 29.6 Å². The molecule has 2 aromatic carbocycles. The normalized spacial score (nSPS) is 11.2. The minimum atomic E-state index is 0.667. The predicted molar refractivity (Wildman–Crippen MR) is 95.2 cm³/mol. The van der Waals surface area contributed by atoms with Crippen molar-refractivity contribution in [2.75, 3.05) is 0 Å². The number of rotatable bonds is 5. The smallest absolute Gasteiger partial charge is 0.192 e. The van der Waals surface area contributed by atoms with Crippen LogP contribution in [0.4, 0.5) is 0 Å². The number of thioether (sulfide) groups is 1. The molecule has 3 aromatic rings. The SMILES string of the molecule is Cc1nnc(SCc2ccccc2)n1/N=C\c1ccccc1Cl. The molecule has 0 saturated carbocycles. The van der Waals surface area contributed by atoms with Gasteiger partial charge in [-0.3, -0.25) is 0 Å². The van der Waals surface area contributed by atoms with Crippen LogP contribution in [0.15, 0.2) is 64.9 Å². The summed E-state index contributed by atoms with van der Waals surface area (Å²) >= 11 is 7.75. The second-order valence-electron chi connectivity index (χ2n) is 4.88.